The van der Waals surface area contributed by atoms with Gasteiger partial charge in [0, 0.05) is 11.1 Å². The average Bonchev–Trinajstić information content (AvgIpc) is 2.38. The topological polar surface area (TPSA) is 12.4 Å². The van der Waals surface area contributed by atoms with Gasteiger partial charge in [-0.05, 0) is 37.4 Å². The van der Waals surface area contributed by atoms with E-state index in [0.717, 1.165) is 16.7 Å². The Labute approximate surface area is 109 Å². The third-order valence-corrected chi connectivity index (χ3v) is 2.24. The molecule has 0 fully saturated rings. The largest absolute Gasteiger partial charge is 0.296 e. The van der Waals surface area contributed by atoms with Crippen molar-refractivity contribution in [2.45, 2.75) is 13.5 Å². The quantitative estimate of drug-likeness (QED) is 0.426. The van der Waals surface area contributed by atoms with Crippen molar-refractivity contribution in [1.29, 1.82) is 0 Å². The summed E-state index contributed by atoms with van der Waals surface area (Å²) in [6, 6.07) is 8.03. The van der Waals surface area contributed by atoms with E-state index in [2.05, 4.69) is 30.1 Å². The SMILES string of the molecule is C=C/C=C(C#Cc1ccc(CN=C)cc1)\C=C/C. The number of hydrogen-bond donors (Lipinski definition) is 0. The van der Waals surface area contributed by atoms with Gasteiger partial charge in [-0.3, -0.25) is 4.99 Å². The van der Waals surface area contributed by atoms with Crippen molar-refractivity contribution in [2.24, 2.45) is 4.99 Å². The van der Waals surface area contributed by atoms with Gasteiger partial charge in [0.05, 0.1) is 6.54 Å². The summed E-state index contributed by atoms with van der Waals surface area (Å²) in [6.07, 6.45) is 7.55. The molecule has 0 spiro atoms. The molecule has 0 bridgehead atoms. The fraction of sp³-hybridized carbons (Fsp3) is 0.118. The molecule has 90 valence electrons. The first kappa shape index (κ1) is 13.7. The number of benzene rings is 1. The van der Waals surface area contributed by atoms with Crippen molar-refractivity contribution in [1.82, 2.24) is 0 Å². The second-order valence-electron chi connectivity index (χ2n) is 3.69. The lowest BCUT2D eigenvalue weighted by Gasteiger charge is -1.95. The van der Waals surface area contributed by atoms with E-state index in [0.29, 0.717) is 6.54 Å². The fourth-order valence-electron chi connectivity index (χ4n) is 1.41. The normalized spacial score (nSPS) is 10.8. The monoisotopic (exact) mass is 235 g/mol. The molecule has 1 heteroatoms. The van der Waals surface area contributed by atoms with Crippen LogP contribution in [0.5, 0.6) is 0 Å². The summed E-state index contributed by atoms with van der Waals surface area (Å²) >= 11 is 0. The van der Waals surface area contributed by atoms with E-state index in [1.165, 1.54) is 0 Å². The molecule has 0 aliphatic rings. The summed E-state index contributed by atoms with van der Waals surface area (Å²) in [5.74, 6) is 6.23. The second kappa shape index (κ2) is 7.86. The van der Waals surface area contributed by atoms with E-state index in [-0.39, 0.29) is 0 Å². The molecule has 0 aliphatic heterocycles. The van der Waals surface area contributed by atoms with E-state index in [9.17, 15) is 0 Å². The summed E-state index contributed by atoms with van der Waals surface area (Å²) in [4.78, 5) is 3.84. The maximum absolute atomic E-state index is 3.84. The molecule has 0 unspecified atom stereocenters. The summed E-state index contributed by atoms with van der Waals surface area (Å²) in [7, 11) is 0. The molecule has 1 nitrogen and oxygen atoms in total. The van der Waals surface area contributed by atoms with Crippen LogP contribution in [0.15, 0.2) is 65.7 Å². The molecule has 1 aromatic carbocycles. The van der Waals surface area contributed by atoms with Crippen molar-refractivity contribution in [3.8, 4) is 11.8 Å². The van der Waals surface area contributed by atoms with Gasteiger partial charge in [-0.25, -0.2) is 0 Å². The highest BCUT2D eigenvalue weighted by atomic mass is 14.7. The Morgan fingerprint density at radius 2 is 2.06 bits per heavy atom. The van der Waals surface area contributed by atoms with Crippen LogP contribution in [0.1, 0.15) is 18.1 Å². The van der Waals surface area contributed by atoms with Gasteiger partial charge in [-0.2, -0.15) is 0 Å². The molecule has 0 N–H and O–H groups in total. The second-order valence-corrected chi connectivity index (χ2v) is 3.69. The van der Waals surface area contributed by atoms with Crippen molar-refractivity contribution in [3.05, 3.63) is 71.8 Å². The zero-order valence-corrected chi connectivity index (χ0v) is 10.7. The molecule has 1 aromatic rings. The Balaban J connectivity index is 2.87. The van der Waals surface area contributed by atoms with Crippen LogP contribution in [-0.2, 0) is 6.54 Å². The predicted octanol–water partition coefficient (Wildman–Crippen LogP) is 3.93. The van der Waals surface area contributed by atoms with Crippen molar-refractivity contribution >= 4 is 6.72 Å². The van der Waals surface area contributed by atoms with E-state index in [1.54, 1.807) is 6.08 Å². The number of aliphatic imine (C=N–C) groups is 1. The first-order chi connectivity index (χ1) is 8.80. The van der Waals surface area contributed by atoms with Crippen molar-refractivity contribution in [2.75, 3.05) is 0 Å². The van der Waals surface area contributed by atoms with E-state index in [1.807, 2.05) is 49.4 Å². The number of hydrogen-bond acceptors (Lipinski definition) is 1. The minimum atomic E-state index is 0.647. The lowest BCUT2D eigenvalue weighted by Crippen LogP contribution is -1.81. The molecule has 18 heavy (non-hydrogen) atoms. The minimum absolute atomic E-state index is 0.647. The molecule has 0 amide bonds. The molecule has 0 atom stereocenters. The molecule has 0 radical (unpaired) electrons. The Morgan fingerprint density at radius 1 is 1.33 bits per heavy atom. The van der Waals surface area contributed by atoms with Gasteiger partial charge in [0.15, 0.2) is 0 Å². The fourth-order valence-corrected chi connectivity index (χ4v) is 1.41. The van der Waals surface area contributed by atoms with E-state index < -0.39 is 0 Å². The van der Waals surface area contributed by atoms with Gasteiger partial charge >= 0.3 is 0 Å². The van der Waals surface area contributed by atoms with Crippen LogP contribution >= 0.6 is 0 Å². The maximum atomic E-state index is 3.84. The van der Waals surface area contributed by atoms with E-state index >= 15 is 0 Å². The number of allylic oxidation sites excluding steroid dienone is 5. The highest BCUT2D eigenvalue weighted by Gasteiger charge is 1.90. The smallest absolute Gasteiger partial charge is 0.0632 e. The number of nitrogens with zero attached hydrogens (tertiary/aromatic N) is 1. The predicted molar refractivity (Wildman–Crippen MR) is 79.7 cm³/mol. The van der Waals surface area contributed by atoms with Gasteiger partial charge < -0.3 is 0 Å². The first-order valence-electron chi connectivity index (χ1n) is 5.79. The first-order valence-corrected chi connectivity index (χ1v) is 5.79. The van der Waals surface area contributed by atoms with Crippen LogP contribution in [0.25, 0.3) is 0 Å². The van der Waals surface area contributed by atoms with Gasteiger partial charge in [-0.1, -0.05) is 48.8 Å². The zero-order chi connectivity index (χ0) is 13.2. The lowest BCUT2D eigenvalue weighted by atomic mass is 10.1. The van der Waals surface area contributed by atoms with Gasteiger partial charge in [-0.15, -0.1) is 0 Å². The van der Waals surface area contributed by atoms with Crippen LogP contribution in [0.3, 0.4) is 0 Å². The summed E-state index contributed by atoms with van der Waals surface area (Å²) < 4.78 is 0. The molecule has 0 heterocycles. The molecule has 0 aliphatic carbocycles. The van der Waals surface area contributed by atoms with Crippen LogP contribution in [0.2, 0.25) is 0 Å². The standard InChI is InChI=1S/C17H17N/c1-4-6-15(7-5-2)8-9-16-10-12-17(13-11-16)14-18-3/h4-7,10-13H,1,3,14H2,2H3/b7-5-,15-6+. The molecule has 0 saturated carbocycles. The third-order valence-electron chi connectivity index (χ3n) is 2.24. The Kier molecular flexibility index (Phi) is 6.00. The molecular weight excluding hydrogens is 218 g/mol. The van der Waals surface area contributed by atoms with Crippen molar-refractivity contribution in [3.63, 3.8) is 0 Å². The maximum Gasteiger partial charge on any atom is 0.0632 e. The Hall–Kier alpha value is -2.33. The van der Waals surface area contributed by atoms with Crippen molar-refractivity contribution < 1.29 is 0 Å². The summed E-state index contributed by atoms with van der Waals surface area (Å²) in [6.45, 7) is 9.77. The minimum Gasteiger partial charge on any atom is -0.296 e. The Morgan fingerprint density at radius 3 is 2.61 bits per heavy atom. The molecule has 0 aromatic heterocycles. The zero-order valence-electron chi connectivity index (χ0n) is 10.7. The number of rotatable bonds is 4. The third kappa shape index (κ3) is 4.67. The van der Waals surface area contributed by atoms with Crippen LogP contribution in [0.4, 0.5) is 0 Å². The van der Waals surface area contributed by atoms with Crippen LogP contribution in [0, 0.1) is 11.8 Å². The van der Waals surface area contributed by atoms with Gasteiger partial charge in [0.2, 0.25) is 0 Å². The molecule has 1 rings (SSSR count). The highest BCUT2D eigenvalue weighted by Crippen LogP contribution is 2.05. The van der Waals surface area contributed by atoms with Gasteiger partial charge in [0.1, 0.15) is 0 Å². The van der Waals surface area contributed by atoms with Gasteiger partial charge in [0.25, 0.3) is 0 Å². The highest BCUT2D eigenvalue weighted by molar-refractivity contribution is 5.46. The van der Waals surface area contributed by atoms with Crippen LogP contribution in [-0.4, -0.2) is 6.72 Å². The lowest BCUT2D eigenvalue weighted by molar-refractivity contribution is 1.08. The average molecular weight is 235 g/mol. The summed E-state index contributed by atoms with van der Waals surface area (Å²) in [5.41, 5.74) is 3.08. The van der Waals surface area contributed by atoms with Crippen LogP contribution < -0.4 is 0 Å². The summed E-state index contributed by atoms with van der Waals surface area (Å²) in [5, 5.41) is 0. The molecule has 0 saturated heterocycles. The Bertz CT molecular complexity index is 519. The molecular formula is C17H17N. The van der Waals surface area contributed by atoms with E-state index in [4.69, 9.17) is 0 Å².